The zero-order valence-electron chi connectivity index (χ0n) is 20.9. The number of amides is 1. The van der Waals surface area contributed by atoms with Crippen LogP contribution in [0.5, 0.6) is 11.5 Å². The highest BCUT2D eigenvalue weighted by Crippen LogP contribution is 2.41. The molecule has 1 N–H and O–H groups in total. The lowest BCUT2D eigenvalue weighted by Gasteiger charge is -2.28. The molecule has 0 aromatic heterocycles. The summed E-state index contributed by atoms with van der Waals surface area (Å²) in [4.78, 5) is 29.8. The molecule has 35 heavy (non-hydrogen) atoms. The van der Waals surface area contributed by atoms with Crippen LogP contribution in [-0.2, 0) is 9.59 Å². The quantitative estimate of drug-likeness (QED) is 0.360. The van der Waals surface area contributed by atoms with E-state index in [2.05, 4.69) is 6.92 Å². The molecule has 2 aromatic rings. The minimum atomic E-state index is -0.742. The summed E-state index contributed by atoms with van der Waals surface area (Å²) in [5, 5.41) is 10.8. The van der Waals surface area contributed by atoms with Crippen LogP contribution in [0.3, 0.4) is 0 Å². The minimum Gasteiger partial charge on any atom is -0.503 e. The Hall–Kier alpha value is -3.58. The molecule has 1 aliphatic heterocycles. The average Bonchev–Trinajstić information content (AvgIpc) is 3.11. The molecule has 0 fully saturated rings. The molecule has 1 unspecified atom stereocenters. The van der Waals surface area contributed by atoms with Crippen molar-refractivity contribution in [2.75, 3.05) is 40.9 Å². The monoisotopic (exact) mass is 478 g/mol. The molecule has 186 valence electrons. The fourth-order valence-electron chi connectivity index (χ4n) is 3.92. The number of methoxy groups -OCH3 is 1. The Labute approximate surface area is 207 Å². The van der Waals surface area contributed by atoms with E-state index in [1.807, 2.05) is 55.4 Å². The third kappa shape index (κ3) is 6.31. The van der Waals surface area contributed by atoms with Crippen LogP contribution in [0.1, 0.15) is 36.9 Å². The zero-order valence-corrected chi connectivity index (χ0v) is 20.9. The number of allylic oxidation sites excluding steroid dienone is 1. The first-order valence-corrected chi connectivity index (χ1v) is 11.8. The van der Waals surface area contributed by atoms with Crippen LogP contribution in [0.2, 0.25) is 0 Å². The van der Waals surface area contributed by atoms with Gasteiger partial charge in [0.2, 0.25) is 0 Å². The average molecular weight is 479 g/mol. The lowest BCUT2D eigenvalue weighted by Crippen LogP contribution is -2.36. The Morgan fingerprint density at radius 2 is 1.89 bits per heavy atom. The molecule has 1 atom stereocenters. The van der Waals surface area contributed by atoms with Crippen molar-refractivity contribution in [1.82, 2.24) is 9.80 Å². The molecule has 7 nitrogen and oxygen atoms in total. The van der Waals surface area contributed by atoms with E-state index >= 15 is 0 Å². The third-order valence-corrected chi connectivity index (χ3v) is 5.84. The van der Waals surface area contributed by atoms with E-state index in [4.69, 9.17) is 9.47 Å². The van der Waals surface area contributed by atoms with Crippen molar-refractivity contribution in [3.8, 4) is 11.5 Å². The number of unbranched alkanes of at least 4 members (excludes halogenated alkanes) is 1. The molecule has 0 saturated heterocycles. The molecule has 0 aliphatic carbocycles. The standard InChI is InChI=1S/C28H34N2O5/c1-5-6-18-35-23-15-13-21(19-24(23)34-4)26-25(22(31)14-12-20-10-8-7-9-11-20)27(32)28(33)30(26)17-16-29(2)3/h7-15,19,26,32H,5-6,16-18H2,1-4H3/b14-12+. The van der Waals surface area contributed by atoms with Crippen LogP contribution in [0.25, 0.3) is 6.08 Å². The maximum Gasteiger partial charge on any atom is 0.290 e. The van der Waals surface area contributed by atoms with E-state index < -0.39 is 23.5 Å². The van der Waals surface area contributed by atoms with Gasteiger partial charge in [0.1, 0.15) is 0 Å². The summed E-state index contributed by atoms with van der Waals surface area (Å²) in [6.45, 7) is 3.58. The van der Waals surface area contributed by atoms with Gasteiger partial charge in [0.05, 0.1) is 25.3 Å². The first-order chi connectivity index (χ1) is 16.9. The number of benzene rings is 2. The largest absolute Gasteiger partial charge is 0.503 e. The first kappa shape index (κ1) is 26.0. The van der Waals surface area contributed by atoms with Crippen LogP contribution in [0.15, 0.2) is 65.9 Å². The second-order valence-electron chi connectivity index (χ2n) is 8.69. The lowest BCUT2D eigenvalue weighted by molar-refractivity contribution is -0.129. The number of rotatable bonds is 12. The van der Waals surface area contributed by atoms with Gasteiger partial charge in [-0.1, -0.05) is 55.8 Å². The fraction of sp³-hybridized carbons (Fsp3) is 0.357. The normalized spacial score (nSPS) is 16.0. The van der Waals surface area contributed by atoms with Gasteiger partial charge in [-0.15, -0.1) is 0 Å². The van der Waals surface area contributed by atoms with Crippen LogP contribution in [-0.4, -0.2) is 67.5 Å². The van der Waals surface area contributed by atoms with Gasteiger partial charge in [0.25, 0.3) is 5.91 Å². The lowest BCUT2D eigenvalue weighted by atomic mass is 9.95. The van der Waals surface area contributed by atoms with Gasteiger partial charge in [-0.2, -0.15) is 0 Å². The Kier molecular flexibility index (Phi) is 9.09. The SMILES string of the molecule is CCCCOc1ccc(C2C(C(=O)/C=C/c3ccccc3)=C(O)C(=O)N2CCN(C)C)cc1OC. The van der Waals surface area contributed by atoms with Crippen LogP contribution >= 0.6 is 0 Å². The Morgan fingerprint density at radius 1 is 1.14 bits per heavy atom. The summed E-state index contributed by atoms with van der Waals surface area (Å²) in [6.07, 6.45) is 5.01. The summed E-state index contributed by atoms with van der Waals surface area (Å²) in [5.74, 6) is -0.385. The molecule has 1 heterocycles. The van der Waals surface area contributed by atoms with Gasteiger partial charge in [0.15, 0.2) is 23.0 Å². The minimum absolute atomic E-state index is 0.0580. The molecule has 0 radical (unpaired) electrons. The molecule has 7 heteroatoms. The van der Waals surface area contributed by atoms with Crippen molar-refractivity contribution >= 4 is 17.8 Å². The fourth-order valence-corrected chi connectivity index (χ4v) is 3.92. The highest BCUT2D eigenvalue weighted by atomic mass is 16.5. The predicted octanol–water partition coefficient (Wildman–Crippen LogP) is 4.41. The summed E-state index contributed by atoms with van der Waals surface area (Å²) >= 11 is 0. The number of ketones is 1. The number of hydrogen-bond acceptors (Lipinski definition) is 6. The molecule has 1 aliphatic rings. The Morgan fingerprint density at radius 3 is 2.54 bits per heavy atom. The van der Waals surface area contributed by atoms with Gasteiger partial charge >= 0.3 is 0 Å². The topological polar surface area (TPSA) is 79.3 Å². The highest BCUT2D eigenvalue weighted by molar-refractivity contribution is 6.14. The van der Waals surface area contributed by atoms with E-state index in [0.717, 1.165) is 18.4 Å². The van der Waals surface area contributed by atoms with Crippen molar-refractivity contribution in [2.45, 2.75) is 25.8 Å². The summed E-state index contributed by atoms with van der Waals surface area (Å²) < 4.78 is 11.4. The van der Waals surface area contributed by atoms with E-state index in [-0.39, 0.29) is 5.57 Å². The maximum atomic E-state index is 13.3. The van der Waals surface area contributed by atoms with Gasteiger partial charge in [-0.3, -0.25) is 9.59 Å². The van der Waals surface area contributed by atoms with Crippen molar-refractivity contribution in [3.63, 3.8) is 0 Å². The summed E-state index contributed by atoms with van der Waals surface area (Å²) in [5.41, 5.74) is 1.57. The van der Waals surface area contributed by atoms with E-state index in [9.17, 15) is 14.7 Å². The van der Waals surface area contributed by atoms with Gasteiger partial charge < -0.3 is 24.4 Å². The molecule has 0 spiro atoms. The number of nitrogens with zero attached hydrogens (tertiary/aromatic N) is 2. The van der Waals surface area contributed by atoms with Crippen LogP contribution in [0, 0.1) is 0 Å². The molecule has 3 rings (SSSR count). The second-order valence-corrected chi connectivity index (χ2v) is 8.69. The van der Waals surface area contributed by atoms with E-state index in [0.29, 0.717) is 36.8 Å². The molecule has 1 amide bonds. The number of ether oxygens (including phenoxy) is 2. The molecule has 2 aromatic carbocycles. The Balaban J connectivity index is 1.99. The van der Waals surface area contributed by atoms with Crippen molar-refractivity contribution in [2.24, 2.45) is 0 Å². The van der Waals surface area contributed by atoms with Crippen molar-refractivity contribution < 1.29 is 24.2 Å². The number of carbonyl (C=O) groups excluding carboxylic acids is 2. The molecular formula is C28H34N2O5. The van der Waals surface area contributed by atoms with Gasteiger partial charge in [-0.25, -0.2) is 0 Å². The highest BCUT2D eigenvalue weighted by Gasteiger charge is 2.43. The van der Waals surface area contributed by atoms with E-state index in [1.165, 1.54) is 11.0 Å². The second kappa shape index (κ2) is 12.2. The summed E-state index contributed by atoms with van der Waals surface area (Å²) in [6, 6.07) is 14.0. The number of likely N-dealkylation sites (N-methyl/N-ethyl adjacent to an activating group) is 1. The van der Waals surface area contributed by atoms with Crippen LogP contribution < -0.4 is 9.47 Å². The van der Waals surface area contributed by atoms with Gasteiger partial charge in [-0.05, 0) is 49.9 Å². The number of aliphatic hydroxyl groups is 1. The number of carbonyl (C=O) groups is 2. The molecular weight excluding hydrogens is 444 g/mol. The van der Waals surface area contributed by atoms with E-state index in [1.54, 1.807) is 25.3 Å². The molecule has 0 saturated carbocycles. The number of aliphatic hydroxyl groups excluding tert-OH is 1. The first-order valence-electron chi connectivity index (χ1n) is 11.8. The maximum absolute atomic E-state index is 13.3. The molecule has 0 bridgehead atoms. The van der Waals surface area contributed by atoms with Crippen LogP contribution in [0.4, 0.5) is 0 Å². The summed E-state index contributed by atoms with van der Waals surface area (Å²) in [7, 11) is 5.36. The van der Waals surface area contributed by atoms with Crippen molar-refractivity contribution in [3.05, 3.63) is 77.1 Å². The number of hydrogen-bond donors (Lipinski definition) is 1. The van der Waals surface area contributed by atoms with Gasteiger partial charge in [0, 0.05) is 13.1 Å². The third-order valence-electron chi connectivity index (χ3n) is 5.84. The smallest absolute Gasteiger partial charge is 0.290 e. The van der Waals surface area contributed by atoms with Crippen molar-refractivity contribution in [1.29, 1.82) is 0 Å². The Bertz CT molecular complexity index is 1090. The predicted molar refractivity (Wildman–Crippen MR) is 137 cm³/mol. The zero-order chi connectivity index (χ0) is 25.4.